The van der Waals surface area contributed by atoms with Crippen molar-refractivity contribution in [2.45, 2.75) is 12.7 Å². The van der Waals surface area contributed by atoms with Crippen LogP contribution in [0.25, 0.3) is 0 Å². The number of hydrogen-bond acceptors (Lipinski definition) is 3. The van der Waals surface area contributed by atoms with E-state index in [1.54, 1.807) is 13.2 Å². The summed E-state index contributed by atoms with van der Waals surface area (Å²) in [5.41, 5.74) is 0.900. The van der Waals surface area contributed by atoms with Crippen molar-refractivity contribution in [3.63, 3.8) is 0 Å². The van der Waals surface area contributed by atoms with Crippen LogP contribution >= 0.6 is 27.5 Å². The zero-order valence-corrected chi connectivity index (χ0v) is 11.2. The summed E-state index contributed by atoms with van der Waals surface area (Å²) in [7, 11) is 1.58. The lowest BCUT2D eigenvalue weighted by Gasteiger charge is -2.24. The predicted molar refractivity (Wildman–Crippen MR) is 65.0 cm³/mol. The van der Waals surface area contributed by atoms with E-state index in [-0.39, 0.29) is 6.29 Å². The summed E-state index contributed by atoms with van der Waals surface area (Å²) in [6, 6.07) is 3.71. The van der Waals surface area contributed by atoms with Crippen molar-refractivity contribution in [2.24, 2.45) is 0 Å². The number of rotatable bonds is 2. The first-order chi connectivity index (χ1) is 7.72. The minimum absolute atomic E-state index is 0.326. The molecule has 1 aliphatic rings. The van der Waals surface area contributed by atoms with E-state index in [2.05, 4.69) is 15.9 Å². The largest absolute Gasteiger partial charge is 0.494 e. The van der Waals surface area contributed by atoms with Crippen molar-refractivity contribution in [1.82, 2.24) is 0 Å². The van der Waals surface area contributed by atoms with Crippen molar-refractivity contribution < 1.29 is 14.2 Å². The van der Waals surface area contributed by atoms with Crippen LogP contribution in [0.3, 0.4) is 0 Å². The summed E-state index contributed by atoms with van der Waals surface area (Å²) in [4.78, 5) is 0. The minimum Gasteiger partial charge on any atom is -0.494 e. The Labute approximate surface area is 108 Å². The highest BCUT2D eigenvalue weighted by atomic mass is 79.9. The molecule has 0 unspecified atom stereocenters. The Morgan fingerprint density at radius 1 is 1.38 bits per heavy atom. The van der Waals surface area contributed by atoms with Crippen LogP contribution in [-0.4, -0.2) is 20.3 Å². The number of ether oxygens (including phenoxy) is 3. The quantitative estimate of drug-likeness (QED) is 0.836. The topological polar surface area (TPSA) is 27.7 Å². The van der Waals surface area contributed by atoms with Crippen molar-refractivity contribution in [3.05, 3.63) is 27.2 Å². The number of benzene rings is 1. The maximum atomic E-state index is 6.09. The van der Waals surface area contributed by atoms with Gasteiger partial charge in [-0.2, -0.15) is 0 Å². The maximum absolute atomic E-state index is 6.09. The summed E-state index contributed by atoms with van der Waals surface area (Å²) < 4.78 is 17.0. The van der Waals surface area contributed by atoms with Gasteiger partial charge in [0.25, 0.3) is 0 Å². The van der Waals surface area contributed by atoms with Gasteiger partial charge in [0.2, 0.25) is 0 Å². The lowest BCUT2D eigenvalue weighted by atomic mass is 10.2. The van der Waals surface area contributed by atoms with E-state index < -0.39 is 0 Å². The molecular formula is C11H12BrClO3. The fraction of sp³-hybridized carbons (Fsp3) is 0.455. The summed E-state index contributed by atoms with van der Waals surface area (Å²) in [5.74, 6) is 0.626. The molecule has 3 nitrogen and oxygen atoms in total. The summed E-state index contributed by atoms with van der Waals surface area (Å²) in [6.45, 7) is 1.43. The van der Waals surface area contributed by atoms with Crippen LogP contribution in [0.2, 0.25) is 5.02 Å². The van der Waals surface area contributed by atoms with E-state index in [9.17, 15) is 0 Å². The molecule has 0 amide bonds. The van der Waals surface area contributed by atoms with Gasteiger partial charge in [0.1, 0.15) is 0 Å². The molecule has 0 spiro atoms. The fourth-order valence-electron chi connectivity index (χ4n) is 1.59. The first kappa shape index (κ1) is 12.2. The third kappa shape index (κ3) is 2.51. The molecule has 1 aromatic rings. The van der Waals surface area contributed by atoms with Gasteiger partial charge < -0.3 is 14.2 Å². The molecule has 0 N–H and O–H groups in total. The van der Waals surface area contributed by atoms with E-state index in [1.165, 1.54) is 0 Å². The molecule has 2 rings (SSSR count). The molecule has 0 aromatic heterocycles. The third-order valence-corrected chi connectivity index (χ3v) is 3.19. The molecule has 5 heteroatoms. The molecule has 0 aliphatic carbocycles. The highest BCUT2D eigenvalue weighted by Crippen LogP contribution is 2.37. The fourth-order valence-corrected chi connectivity index (χ4v) is 2.65. The van der Waals surface area contributed by atoms with Crippen molar-refractivity contribution in [3.8, 4) is 5.75 Å². The van der Waals surface area contributed by atoms with Gasteiger partial charge in [-0.1, -0.05) is 11.6 Å². The molecule has 1 aliphatic heterocycles. The smallest absolute Gasteiger partial charge is 0.183 e. The zero-order chi connectivity index (χ0) is 11.5. The monoisotopic (exact) mass is 306 g/mol. The van der Waals surface area contributed by atoms with Crippen LogP contribution in [-0.2, 0) is 9.47 Å². The summed E-state index contributed by atoms with van der Waals surface area (Å²) in [5, 5.41) is 0.546. The SMILES string of the molecule is COc1c(Cl)cc(C2OCCCO2)cc1Br. The lowest BCUT2D eigenvalue weighted by molar-refractivity contribution is -0.183. The zero-order valence-electron chi connectivity index (χ0n) is 8.83. The van der Waals surface area contributed by atoms with E-state index in [4.69, 9.17) is 25.8 Å². The second-order valence-corrected chi connectivity index (χ2v) is 4.71. The first-order valence-electron chi connectivity index (χ1n) is 4.98. The standard InChI is InChI=1S/C11H12BrClO3/c1-14-10-8(12)5-7(6-9(10)13)11-15-3-2-4-16-11/h5-6,11H,2-4H2,1H3. The molecule has 1 aromatic carbocycles. The lowest BCUT2D eigenvalue weighted by Crippen LogP contribution is -2.17. The predicted octanol–water partition coefficient (Wildman–Crippen LogP) is 3.55. The highest BCUT2D eigenvalue weighted by Gasteiger charge is 2.19. The Kier molecular flexibility index (Phi) is 4.08. The van der Waals surface area contributed by atoms with Gasteiger partial charge in [0, 0.05) is 5.56 Å². The molecule has 1 saturated heterocycles. The number of hydrogen-bond donors (Lipinski definition) is 0. The first-order valence-corrected chi connectivity index (χ1v) is 6.15. The molecule has 1 fully saturated rings. The van der Waals surface area contributed by atoms with Crippen LogP contribution in [0.1, 0.15) is 18.3 Å². The normalized spacial score (nSPS) is 17.4. The average Bonchev–Trinajstić information content (AvgIpc) is 2.30. The van der Waals surface area contributed by atoms with Gasteiger partial charge in [-0.05, 0) is 34.5 Å². The molecular weight excluding hydrogens is 295 g/mol. The van der Waals surface area contributed by atoms with Gasteiger partial charge in [0.05, 0.1) is 29.8 Å². The van der Waals surface area contributed by atoms with Gasteiger partial charge in [-0.15, -0.1) is 0 Å². The molecule has 0 saturated carbocycles. The maximum Gasteiger partial charge on any atom is 0.183 e. The van der Waals surface area contributed by atoms with Crippen molar-refractivity contribution >= 4 is 27.5 Å². The average molecular weight is 308 g/mol. The number of halogens is 2. The van der Waals surface area contributed by atoms with Gasteiger partial charge in [-0.3, -0.25) is 0 Å². The number of methoxy groups -OCH3 is 1. The van der Waals surface area contributed by atoms with E-state index in [1.807, 2.05) is 6.07 Å². The Hall–Kier alpha value is -0.290. The van der Waals surface area contributed by atoms with E-state index in [0.717, 1.165) is 16.5 Å². The summed E-state index contributed by atoms with van der Waals surface area (Å²) >= 11 is 9.49. The van der Waals surface area contributed by atoms with Gasteiger partial charge in [-0.25, -0.2) is 0 Å². The van der Waals surface area contributed by atoms with Crippen LogP contribution in [0.4, 0.5) is 0 Å². The Bertz CT molecular complexity index is 354. The van der Waals surface area contributed by atoms with Gasteiger partial charge in [0.15, 0.2) is 12.0 Å². The van der Waals surface area contributed by atoms with Crippen molar-refractivity contribution in [2.75, 3.05) is 20.3 Å². The highest BCUT2D eigenvalue weighted by molar-refractivity contribution is 9.10. The van der Waals surface area contributed by atoms with Crippen molar-refractivity contribution in [1.29, 1.82) is 0 Å². The summed E-state index contributed by atoms with van der Waals surface area (Å²) in [6.07, 6.45) is 0.607. The molecule has 0 atom stereocenters. The molecule has 1 heterocycles. The van der Waals surface area contributed by atoms with Gasteiger partial charge >= 0.3 is 0 Å². The van der Waals surface area contributed by atoms with E-state index >= 15 is 0 Å². The third-order valence-electron chi connectivity index (χ3n) is 2.32. The van der Waals surface area contributed by atoms with Crippen LogP contribution in [0.15, 0.2) is 16.6 Å². The molecule has 88 valence electrons. The van der Waals surface area contributed by atoms with Crippen LogP contribution in [0, 0.1) is 0 Å². The van der Waals surface area contributed by atoms with Crippen LogP contribution in [0.5, 0.6) is 5.75 Å². The van der Waals surface area contributed by atoms with Crippen LogP contribution < -0.4 is 4.74 Å². The second kappa shape index (κ2) is 5.36. The molecule has 16 heavy (non-hydrogen) atoms. The second-order valence-electron chi connectivity index (χ2n) is 3.44. The Balaban J connectivity index is 2.28. The van der Waals surface area contributed by atoms with E-state index in [0.29, 0.717) is 24.0 Å². The Morgan fingerprint density at radius 2 is 2.06 bits per heavy atom. The molecule has 0 bridgehead atoms. The Morgan fingerprint density at radius 3 is 2.62 bits per heavy atom. The molecule has 0 radical (unpaired) electrons. The minimum atomic E-state index is -0.326.